The molecule has 4 aromatic heterocycles. The minimum atomic E-state index is -0.0900. The third-order valence-electron chi connectivity index (χ3n) is 3.01. The fourth-order valence-electron chi connectivity index (χ4n) is 1.96. The maximum Gasteiger partial charge on any atom is 0.222 e. The highest BCUT2D eigenvalue weighted by Crippen LogP contribution is 2.29. The van der Waals surface area contributed by atoms with Crippen molar-refractivity contribution in [3.8, 4) is 0 Å². The van der Waals surface area contributed by atoms with E-state index < -0.39 is 0 Å². The molecule has 0 aromatic carbocycles. The molecule has 114 valence electrons. The summed E-state index contributed by atoms with van der Waals surface area (Å²) in [4.78, 5) is 22.3. The molecule has 0 aliphatic rings. The van der Waals surface area contributed by atoms with E-state index in [0.29, 0.717) is 20.9 Å². The number of fused-ring (bicyclic) bond motifs is 1. The summed E-state index contributed by atoms with van der Waals surface area (Å²) >= 11 is 4.09. The van der Waals surface area contributed by atoms with Gasteiger partial charge in [0.05, 0.1) is 15.1 Å². The lowest BCUT2D eigenvalue weighted by Crippen LogP contribution is -2.05. The fraction of sp³-hybridized carbons (Fsp3) is 0.0769. The number of aromatic nitrogens is 6. The Morgan fingerprint density at radius 2 is 2.13 bits per heavy atom. The second-order valence-corrected chi connectivity index (χ2v) is 7.28. The quantitative estimate of drug-likeness (QED) is 0.408. The first kappa shape index (κ1) is 14.4. The van der Waals surface area contributed by atoms with E-state index in [0.717, 1.165) is 10.2 Å². The van der Waals surface area contributed by atoms with E-state index in [-0.39, 0.29) is 5.78 Å². The standard InChI is InChI=1S/C13H8N6OS3/c1-19-13(16-17-18-19)23-12-14-7-4-6-22-11(7)9(15-12)10(20)8-3-2-5-21-8/h2-6H,1H3. The van der Waals surface area contributed by atoms with Crippen molar-refractivity contribution in [3.63, 3.8) is 0 Å². The molecule has 0 atom stereocenters. The second-order valence-electron chi connectivity index (χ2n) is 4.48. The van der Waals surface area contributed by atoms with Gasteiger partial charge in [-0.15, -0.1) is 27.8 Å². The zero-order chi connectivity index (χ0) is 15.8. The molecular formula is C13H8N6OS3. The number of rotatable bonds is 4. The van der Waals surface area contributed by atoms with E-state index in [4.69, 9.17) is 0 Å². The summed E-state index contributed by atoms with van der Waals surface area (Å²) in [6, 6.07) is 5.53. The van der Waals surface area contributed by atoms with Gasteiger partial charge in [0.1, 0.15) is 5.69 Å². The van der Waals surface area contributed by atoms with Crippen molar-refractivity contribution in [2.24, 2.45) is 7.05 Å². The zero-order valence-electron chi connectivity index (χ0n) is 11.7. The van der Waals surface area contributed by atoms with E-state index >= 15 is 0 Å². The second kappa shape index (κ2) is 5.80. The van der Waals surface area contributed by atoms with E-state index in [1.807, 2.05) is 22.9 Å². The first-order valence-electron chi connectivity index (χ1n) is 6.46. The van der Waals surface area contributed by atoms with Crippen LogP contribution in [0.25, 0.3) is 10.2 Å². The van der Waals surface area contributed by atoms with Crippen LogP contribution in [0.5, 0.6) is 0 Å². The summed E-state index contributed by atoms with van der Waals surface area (Å²) in [5.41, 5.74) is 1.17. The molecule has 23 heavy (non-hydrogen) atoms. The number of ketones is 1. The molecule has 0 saturated carbocycles. The molecule has 0 saturated heterocycles. The summed E-state index contributed by atoms with van der Waals surface area (Å²) in [7, 11) is 1.74. The molecule has 0 unspecified atom stereocenters. The molecule has 10 heteroatoms. The Bertz CT molecular complexity index is 990. The third kappa shape index (κ3) is 2.64. The Morgan fingerprint density at radius 3 is 2.87 bits per heavy atom. The van der Waals surface area contributed by atoms with Crippen LogP contribution in [0.2, 0.25) is 0 Å². The lowest BCUT2D eigenvalue weighted by atomic mass is 10.2. The molecular weight excluding hydrogens is 352 g/mol. The Morgan fingerprint density at radius 1 is 1.22 bits per heavy atom. The topological polar surface area (TPSA) is 86.5 Å². The van der Waals surface area contributed by atoms with Gasteiger partial charge in [0.2, 0.25) is 10.9 Å². The minimum Gasteiger partial charge on any atom is -0.286 e. The highest BCUT2D eigenvalue weighted by Gasteiger charge is 2.19. The molecule has 4 heterocycles. The molecule has 0 aliphatic heterocycles. The lowest BCUT2D eigenvalue weighted by Gasteiger charge is -2.03. The van der Waals surface area contributed by atoms with Crippen LogP contribution >= 0.6 is 34.4 Å². The summed E-state index contributed by atoms with van der Waals surface area (Å²) in [6.07, 6.45) is 0. The van der Waals surface area contributed by atoms with Crippen molar-refractivity contribution in [2.75, 3.05) is 0 Å². The average molecular weight is 360 g/mol. The van der Waals surface area contributed by atoms with Crippen LogP contribution in [0.15, 0.2) is 39.3 Å². The number of carbonyl (C=O) groups excluding carboxylic acids is 1. The molecule has 4 rings (SSSR count). The molecule has 0 N–H and O–H groups in total. The number of thiophene rings is 2. The van der Waals surface area contributed by atoms with Crippen molar-refractivity contribution in [2.45, 2.75) is 10.3 Å². The van der Waals surface area contributed by atoms with Gasteiger partial charge in [-0.25, -0.2) is 14.6 Å². The summed E-state index contributed by atoms with van der Waals surface area (Å²) < 4.78 is 2.33. The summed E-state index contributed by atoms with van der Waals surface area (Å²) in [5, 5.41) is 16.1. The Hall–Kier alpha value is -2.17. The van der Waals surface area contributed by atoms with Crippen LogP contribution < -0.4 is 0 Å². The van der Waals surface area contributed by atoms with Gasteiger partial charge in [0.15, 0.2) is 5.16 Å². The smallest absolute Gasteiger partial charge is 0.222 e. The summed E-state index contributed by atoms with van der Waals surface area (Å²) in [6.45, 7) is 0. The van der Waals surface area contributed by atoms with E-state index in [2.05, 4.69) is 25.5 Å². The van der Waals surface area contributed by atoms with Gasteiger partial charge >= 0.3 is 0 Å². The fourth-order valence-corrected chi connectivity index (χ4v) is 4.13. The Balaban J connectivity index is 1.81. The highest BCUT2D eigenvalue weighted by molar-refractivity contribution is 7.99. The Kier molecular flexibility index (Phi) is 3.63. The van der Waals surface area contributed by atoms with Crippen molar-refractivity contribution in [1.29, 1.82) is 0 Å². The van der Waals surface area contributed by atoms with Gasteiger partial charge in [-0.3, -0.25) is 4.79 Å². The predicted molar refractivity (Wildman–Crippen MR) is 88.1 cm³/mol. The SMILES string of the molecule is Cn1nnnc1Sc1nc(C(=O)c2cccs2)c2sccc2n1. The highest BCUT2D eigenvalue weighted by atomic mass is 32.2. The zero-order valence-corrected chi connectivity index (χ0v) is 14.2. The van der Waals surface area contributed by atoms with Crippen LogP contribution in [0, 0.1) is 0 Å². The molecule has 7 nitrogen and oxygen atoms in total. The van der Waals surface area contributed by atoms with Crippen LogP contribution in [0.1, 0.15) is 15.4 Å². The van der Waals surface area contributed by atoms with E-state index in [1.165, 1.54) is 39.1 Å². The van der Waals surface area contributed by atoms with Gasteiger partial charge in [-0.1, -0.05) is 6.07 Å². The molecule has 0 fully saturated rings. The van der Waals surface area contributed by atoms with E-state index in [9.17, 15) is 4.79 Å². The normalized spacial score (nSPS) is 11.2. The van der Waals surface area contributed by atoms with Crippen LogP contribution in [0.3, 0.4) is 0 Å². The van der Waals surface area contributed by atoms with Gasteiger partial charge in [-0.2, -0.15) is 0 Å². The first-order chi connectivity index (χ1) is 11.2. The summed E-state index contributed by atoms with van der Waals surface area (Å²) in [5.74, 6) is -0.0900. The largest absolute Gasteiger partial charge is 0.286 e. The van der Waals surface area contributed by atoms with Crippen LogP contribution in [-0.4, -0.2) is 36.0 Å². The van der Waals surface area contributed by atoms with Crippen molar-refractivity contribution >= 4 is 50.4 Å². The molecule has 0 amide bonds. The number of tetrazole rings is 1. The lowest BCUT2D eigenvalue weighted by molar-refractivity contribution is 0.103. The van der Waals surface area contributed by atoms with Crippen LogP contribution in [0.4, 0.5) is 0 Å². The first-order valence-corrected chi connectivity index (χ1v) is 9.03. The molecule has 4 aromatic rings. The van der Waals surface area contributed by atoms with Crippen molar-refractivity contribution in [3.05, 3.63) is 39.5 Å². The van der Waals surface area contributed by atoms with E-state index in [1.54, 1.807) is 13.1 Å². The number of carbonyl (C=O) groups is 1. The molecule has 0 radical (unpaired) electrons. The number of aryl methyl sites for hydroxylation is 1. The number of hydrogen-bond acceptors (Lipinski definition) is 9. The van der Waals surface area contributed by atoms with Crippen molar-refractivity contribution < 1.29 is 4.79 Å². The van der Waals surface area contributed by atoms with Gasteiger partial charge < -0.3 is 0 Å². The van der Waals surface area contributed by atoms with Gasteiger partial charge in [0.25, 0.3) is 0 Å². The van der Waals surface area contributed by atoms with Gasteiger partial charge in [-0.05, 0) is 45.1 Å². The number of nitrogens with zero attached hydrogens (tertiary/aromatic N) is 6. The third-order valence-corrected chi connectivity index (χ3v) is 5.68. The number of hydrogen-bond donors (Lipinski definition) is 0. The predicted octanol–water partition coefficient (Wildman–Crippen LogP) is 2.66. The van der Waals surface area contributed by atoms with Crippen LogP contribution in [-0.2, 0) is 7.05 Å². The molecule has 0 spiro atoms. The molecule has 0 bridgehead atoms. The van der Waals surface area contributed by atoms with Crippen molar-refractivity contribution in [1.82, 2.24) is 30.2 Å². The van der Waals surface area contributed by atoms with Gasteiger partial charge in [0, 0.05) is 7.05 Å². The maximum atomic E-state index is 12.7. The average Bonchev–Trinajstić information content (AvgIpc) is 3.28. The Labute approximate surface area is 142 Å². The minimum absolute atomic E-state index is 0.0900. The molecule has 0 aliphatic carbocycles. The maximum absolute atomic E-state index is 12.7. The monoisotopic (exact) mass is 360 g/mol.